The van der Waals surface area contributed by atoms with Gasteiger partial charge in [0.1, 0.15) is 0 Å². The lowest BCUT2D eigenvalue weighted by atomic mass is 10.0. The molecule has 5 nitrogen and oxygen atoms in total. The van der Waals surface area contributed by atoms with Gasteiger partial charge in [0.05, 0.1) is 6.10 Å². The van der Waals surface area contributed by atoms with Crippen LogP contribution >= 0.6 is 0 Å². The normalized spacial score (nSPS) is 13.6. The van der Waals surface area contributed by atoms with E-state index in [2.05, 4.69) is 10.3 Å². The lowest BCUT2D eigenvalue weighted by Crippen LogP contribution is -2.35. The fraction of sp³-hybridized carbons (Fsp3) is 0.412. The molecule has 22 heavy (non-hydrogen) atoms. The van der Waals surface area contributed by atoms with Crippen molar-refractivity contribution in [2.24, 2.45) is 5.92 Å². The molecule has 0 aliphatic carbocycles. The number of amides is 1. The molecule has 1 heterocycles. The Labute approximate surface area is 130 Å². The van der Waals surface area contributed by atoms with Gasteiger partial charge < -0.3 is 14.8 Å². The summed E-state index contributed by atoms with van der Waals surface area (Å²) in [5.41, 5.74) is 2.17. The fourth-order valence-electron chi connectivity index (χ4n) is 2.07. The summed E-state index contributed by atoms with van der Waals surface area (Å²) < 4.78 is 5.35. The molecule has 2 aromatic rings. The second-order valence-electron chi connectivity index (χ2n) is 5.56. The molecule has 0 aliphatic heterocycles. The van der Waals surface area contributed by atoms with Gasteiger partial charge in [-0.25, -0.2) is 4.98 Å². The van der Waals surface area contributed by atoms with E-state index in [0.29, 0.717) is 5.76 Å². The van der Waals surface area contributed by atoms with Gasteiger partial charge in [0, 0.05) is 12.1 Å². The molecule has 0 radical (unpaired) electrons. The van der Waals surface area contributed by atoms with E-state index in [-0.39, 0.29) is 24.1 Å². The first-order chi connectivity index (χ1) is 10.5. The van der Waals surface area contributed by atoms with Gasteiger partial charge in [-0.2, -0.15) is 0 Å². The maximum atomic E-state index is 12.2. The molecule has 1 aromatic heterocycles. The van der Waals surface area contributed by atoms with Crippen molar-refractivity contribution in [3.63, 3.8) is 0 Å². The van der Waals surface area contributed by atoms with Crippen LogP contribution in [0.25, 0.3) is 11.3 Å². The van der Waals surface area contributed by atoms with Gasteiger partial charge in [-0.1, -0.05) is 50.1 Å². The van der Waals surface area contributed by atoms with E-state index in [0.717, 1.165) is 17.5 Å². The second kappa shape index (κ2) is 7.22. The van der Waals surface area contributed by atoms with E-state index in [1.54, 1.807) is 0 Å². The monoisotopic (exact) mass is 302 g/mol. The summed E-state index contributed by atoms with van der Waals surface area (Å²) in [6, 6.07) is 7.68. The first kappa shape index (κ1) is 16.2. The molecule has 5 heteroatoms. The molecule has 0 fully saturated rings. The molecule has 1 aromatic carbocycles. The number of carbonyl (C=O) groups is 1. The van der Waals surface area contributed by atoms with Crippen molar-refractivity contribution >= 4 is 5.91 Å². The summed E-state index contributed by atoms with van der Waals surface area (Å²) >= 11 is 0. The number of aliphatic hydroxyl groups excluding tert-OH is 1. The minimum Gasteiger partial charge on any atom is -0.443 e. The number of nitrogens with zero attached hydrogens (tertiary/aromatic N) is 1. The zero-order valence-corrected chi connectivity index (χ0v) is 13.2. The van der Waals surface area contributed by atoms with Crippen molar-refractivity contribution in [3.05, 3.63) is 41.9 Å². The molecule has 2 rings (SSSR count). The molecule has 0 bridgehead atoms. The van der Waals surface area contributed by atoms with Crippen molar-refractivity contribution in [3.8, 4) is 11.3 Å². The molecule has 2 unspecified atom stereocenters. The highest BCUT2D eigenvalue weighted by Crippen LogP contribution is 2.23. The fourth-order valence-corrected chi connectivity index (χ4v) is 2.07. The van der Waals surface area contributed by atoms with Crippen LogP contribution in [-0.2, 0) is 0 Å². The Morgan fingerprint density at radius 3 is 2.68 bits per heavy atom. The van der Waals surface area contributed by atoms with Gasteiger partial charge in [0.15, 0.2) is 17.8 Å². The van der Waals surface area contributed by atoms with Crippen LogP contribution in [0.2, 0.25) is 0 Å². The summed E-state index contributed by atoms with van der Waals surface area (Å²) in [5, 5.41) is 12.6. The molecule has 0 saturated carbocycles. The van der Waals surface area contributed by atoms with Gasteiger partial charge in [-0.3, -0.25) is 4.79 Å². The highest BCUT2D eigenvalue weighted by Gasteiger charge is 2.20. The lowest BCUT2D eigenvalue weighted by Gasteiger charge is -2.17. The van der Waals surface area contributed by atoms with E-state index < -0.39 is 6.10 Å². The zero-order valence-electron chi connectivity index (χ0n) is 13.2. The largest absolute Gasteiger partial charge is 0.443 e. The van der Waals surface area contributed by atoms with Crippen molar-refractivity contribution in [2.75, 3.05) is 6.54 Å². The van der Waals surface area contributed by atoms with Gasteiger partial charge in [0.25, 0.3) is 5.91 Å². The van der Waals surface area contributed by atoms with Crippen molar-refractivity contribution < 1.29 is 14.3 Å². The van der Waals surface area contributed by atoms with Crippen LogP contribution in [-0.4, -0.2) is 28.6 Å². The minimum atomic E-state index is -0.566. The first-order valence-corrected chi connectivity index (χ1v) is 7.49. The van der Waals surface area contributed by atoms with E-state index in [1.165, 1.54) is 6.39 Å². The van der Waals surface area contributed by atoms with Gasteiger partial charge in [0.2, 0.25) is 0 Å². The number of nitrogens with one attached hydrogen (secondary N) is 1. The number of rotatable bonds is 6. The van der Waals surface area contributed by atoms with E-state index >= 15 is 0 Å². The lowest BCUT2D eigenvalue weighted by molar-refractivity contribution is 0.0846. The predicted molar refractivity (Wildman–Crippen MR) is 84.5 cm³/mol. The number of benzene rings is 1. The molecular weight excluding hydrogens is 280 g/mol. The summed E-state index contributed by atoms with van der Waals surface area (Å²) in [7, 11) is 0. The average Bonchev–Trinajstić information content (AvgIpc) is 3.01. The summed E-state index contributed by atoms with van der Waals surface area (Å²) in [6.45, 7) is 6.15. The second-order valence-corrected chi connectivity index (χ2v) is 5.56. The minimum absolute atomic E-state index is 0.133. The predicted octanol–water partition coefficient (Wildman–Crippen LogP) is 2.79. The van der Waals surface area contributed by atoms with Crippen molar-refractivity contribution in [1.82, 2.24) is 10.3 Å². The Morgan fingerprint density at radius 1 is 1.36 bits per heavy atom. The topological polar surface area (TPSA) is 75.4 Å². The summed E-state index contributed by atoms with van der Waals surface area (Å²) in [6.07, 6.45) is 1.55. The molecule has 1 amide bonds. The smallest absolute Gasteiger partial charge is 0.274 e. The molecule has 0 aliphatic rings. The molecule has 2 atom stereocenters. The van der Waals surface area contributed by atoms with Gasteiger partial charge in [-0.05, 0) is 12.8 Å². The van der Waals surface area contributed by atoms with Crippen molar-refractivity contribution in [1.29, 1.82) is 0 Å². The molecule has 118 valence electrons. The maximum absolute atomic E-state index is 12.2. The quantitative estimate of drug-likeness (QED) is 0.860. The number of carbonyl (C=O) groups excluding carboxylic acids is 1. The number of aryl methyl sites for hydroxylation is 1. The molecule has 2 N–H and O–H groups in total. The van der Waals surface area contributed by atoms with Crippen LogP contribution in [0.3, 0.4) is 0 Å². The van der Waals surface area contributed by atoms with Gasteiger partial charge in [-0.15, -0.1) is 0 Å². The van der Waals surface area contributed by atoms with Crippen LogP contribution in [0.15, 0.2) is 35.1 Å². The Hall–Kier alpha value is -2.14. The molecular formula is C17H22N2O3. The van der Waals surface area contributed by atoms with Crippen molar-refractivity contribution in [2.45, 2.75) is 33.3 Å². The molecule has 0 saturated heterocycles. The van der Waals surface area contributed by atoms with Crippen LogP contribution in [0.1, 0.15) is 36.3 Å². The summed E-state index contributed by atoms with van der Waals surface area (Å²) in [5.74, 6) is 0.233. The number of aliphatic hydroxyl groups is 1. The first-order valence-electron chi connectivity index (χ1n) is 7.49. The highest BCUT2D eigenvalue weighted by molar-refractivity contribution is 5.97. The third kappa shape index (κ3) is 3.74. The Kier molecular flexibility index (Phi) is 5.33. The Bertz CT molecular complexity index is 619. The Balaban J connectivity index is 2.08. The number of hydrogen-bond donors (Lipinski definition) is 2. The number of aromatic nitrogens is 1. The summed E-state index contributed by atoms with van der Waals surface area (Å²) in [4.78, 5) is 16.2. The Morgan fingerprint density at radius 2 is 2.05 bits per heavy atom. The standard InChI is InChI=1S/C17H22N2O3/c1-4-12(3)14(20)9-18-17(21)15-16(22-10-19-15)13-7-5-11(2)6-8-13/h5-8,10,12,14,20H,4,9H2,1-3H3,(H,18,21). The third-order valence-corrected chi connectivity index (χ3v) is 3.87. The van der Waals surface area contributed by atoms with Crippen LogP contribution in [0, 0.1) is 12.8 Å². The average molecular weight is 302 g/mol. The SMILES string of the molecule is CCC(C)C(O)CNC(=O)c1ncoc1-c1ccc(C)cc1. The maximum Gasteiger partial charge on any atom is 0.274 e. The highest BCUT2D eigenvalue weighted by atomic mass is 16.3. The number of hydrogen-bond acceptors (Lipinski definition) is 4. The third-order valence-electron chi connectivity index (χ3n) is 3.87. The van der Waals surface area contributed by atoms with Crippen LogP contribution in [0.4, 0.5) is 0 Å². The van der Waals surface area contributed by atoms with Crippen LogP contribution in [0.5, 0.6) is 0 Å². The van der Waals surface area contributed by atoms with E-state index in [4.69, 9.17) is 4.42 Å². The van der Waals surface area contributed by atoms with Gasteiger partial charge >= 0.3 is 0 Å². The van der Waals surface area contributed by atoms with E-state index in [9.17, 15) is 9.90 Å². The van der Waals surface area contributed by atoms with Crippen LogP contribution < -0.4 is 5.32 Å². The van der Waals surface area contributed by atoms with E-state index in [1.807, 2.05) is 45.0 Å². The zero-order chi connectivity index (χ0) is 16.1. The molecule has 0 spiro atoms. The number of oxazole rings is 1.